The van der Waals surface area contributed by atoms with E-state index >= 15 is 0 Å². The quantitative estimate of drug-likeness (QED) is 0.635. The summed E-state index contributed by atoms with van der Waals surface area (Å²) >= 11 is 0. The molecule has 0 atom stereocenters. The zero-order valence-corrected chi connectivity index (χ0v) is 7.85. The molecule has 0 fully saturated rings. The monoisotopic (exact) mass is 188 g/mol. The minimum atomic E-state index is -1.26. The number of carbonyl (C=O) groups excluding carboxylic acids is 1. The third-order valence-corrected chi connectivity index (χ3v) is 1.89. The van der Waals surface area contributed by atoms with Crippen molar-refractivity contribution in [2.75, 3.05) is 0 Å². The summed E-state index contributed by atoms with van der Waals surface area (Å²) in [6.07, 6.45) is 0. The van der Waals surface area contributed by atoms with Crippen LogP contribution in [-0.4, -0.2) is 15.6 Å². The molecule has 0 aliphatic carbocycles. The second-order valence-corrected chi connectivity index (χ2v) is 2.85. The summed E-state index contributed by atoms with van der Waals surface area (Å²) in [5.41, 5.74) is 0.973. The Kier molecular flexibility index (Phi) is 2.64. The van der Waals surface area contributed by atoms with Gasteiger partial charge in [-0.25, -0.2) is 0 Å². The van der Waals surface area contributed by atoms with Gasteiger partial charge in [-0.3, -0.25) is 9.48 Å². The van der Waals surface area contributed by atoms with Crippen molar-refractivity contribution in [1.29, 1.82) is 10.5 Å². The van der Waals surface area contributed by atoms with Crippen LogP contribution in [0.2, 0.25) is 0 Å². The number of Topliss-reactive ketones (excluding diaryl/α,β-unsaturated/α-hetero) is 1. The van der Waals surface area contributed by atoms with Crippen molar-refractivity contribution < 1.29 is 4.79 Å². The van der Waals surface area contributed by atoms with Gasteiger partial charge >= 0.3 is 0 Å². The van der Waals surface area contributed by atoms with Crippen molar-refractivity contribution in [2.24, 2.45) is 13.0 Å². The number of rotatable bonds is 2. The van der Waals surface area contributed by atoms with E-state index in [1.807, 2.05) is 0 Å². The number of aryl methyl sites for hydroxylation is 2. The number of hydrogen-bond acceptors (Lipinski definition) is 4. The normalized spacial score (nSPS) is 9.50. The van der Waals surface area contributed by atoms with Gasteiger partial charge in [0.1, 0.15) is 5.69 Å². The van der Waals surface area contributed by atoms with E-state index in [-0.39, 0.29) is 5.69 Å². The van der Waals surface area contributed by atoms with Crippen molar-refractivity contribution in [3.63, 3.8) is 0 Å². The average molecular weight is 188 g/mol. The highest BCUT2D eigenvalue weighted by molar-refractivity contribution is 5.99. The van der Waals surface area contributed by atoms with E-state index in [1.165, 1.54) is 4.68 Å². The van der Waals surface area contributed by atoms with Crippen LogP contribution in [-0.2, 0) is 7.05 Å². The van der Waals surface area contributed by atoms with E-state index in [2.05, 4.69) is 5.10 Å². The number of ketones is 1. The van der Waals surface area contributed by atoms with Crippen molar-refractivity contribution >= 4 is 5.78 Å². The van der Waals surface area contributed by atoms with E-state index in [1.54, 1.807) is 32.2 Å². The van der Waals surface area contributed by atoms with Crippen LogP contribution < -0.4 is 0 Å². The molecule has 0 aliphatic heterocycles. The fourth-order valence-corrected chi connectivity index (χ4v) is 0.975. The van der Waals surface area contributed by atoms with Gasteiger partial charge in [-0.15, -0.1) is 0 Å². The lowest BCUT2D eigenvalue weighted by molar-refractivity contribution is 0.0965. The third kappa shape index (κ3) is 1.62. The van der Waals surface area contributed by atoms with Crippen LogP contribution in [0.5, 0.6) is 0 Å². The molecule has 5 nitrogen and oxygen atoms in total. The van der Waals surface area contributed by atoms with Gasteiger partial charge in [0, 0.05) is 12.7 Å². The lowest BCUT2D eigenvalue weighted by Gasteiger charge is -1.93. The van der Waals surface area contributed by atoms with Crippen LogP contribution in [0.3, 0.4) is 0 Å². The Morgan fingerprint density at radius 2 is 2.14 bits per heavy atom. The second-order valence-electron chi connectivity index (χ2n) is 2.85. The first-order valence-corrected chi connectivity index (χ1v) is 3.94. The highest BCUT2D eigenvalue weighted by Gasteiger charge is 2.21. The highest BCUT2D eigenvalue weighted by atomic mass is 16.1. The number of aromatic nitrogens is 2. The van der Waals surface area contributed by atoms with Crippen LogP contribution in [0, 0.1) is 35.5 Å². The number of nitriles is 2. The van der Waals surface area contributed by atoms with Crippen molar-refractivity contribution in [2.45, 2.75) is 6.92 Å². The Balaban J connectivity index is 3.03. The molecule has 0 spiro atoms. The Morgan fingerprint density at radius 3 is 2.50 bits per heavy atom. The summed E-state index contributed by atoms with van der Waals surface area (Å²) in [6.45, 7) is 1.79. The van der Waals surface area contributed by atoms with Gasteiger partial charge in [-0.2, -0.15) is 15.6 Å². The van der Waals surface area contributed by atoms with Crippen molar-refractivity contribution in [3.05, 3.63) is 17.5 Å². The highest BCUT2D eigenvalue weighted by Crippen LogP contribution is 2.07. The first-order chi connectivity index (χ1) is 6.60. The minimum absolute atomic E-state index is 0.165. The molecule has 5 heteroatoms. The maximum atomic E-state index is 11.5. The summed E-state index contributed by atoms with van der Waals surface area (Å²) in [5.74, 6) is -1.80. The predicted molar refractivity (Wildman–Crippen MR) is 47.0 cm³/mol. The van der Waals surface area contributed by atoms with E-state index < -0.39 is 11.7 Å². The number of hydrogen-bond donors (Lipinski definition) is 0. The van der Waals surface area contributed by atoms with Crippen LogP contribution in [0.1, 0.15) is 16.2 Å². The molecule has 1 rings (SSSR count). The van der Waals surface area contributed by atoms with Gasteiger partial charge in [0.15, 0.2) is 5.92 Å². The Hall–Kier alpha value is -2.14. The van der Waals surface area contributed by atoms with Crippen LogP contribution in [0.15, 0.2) is 6.07 Å². The second kappa shape index (κ2) is 3.71. The van der Waals surface area contributed by atoms with Crippen LogP contribution >= 0.6 is 0 Å². The molecular weight excluding hydrogens is 180 g/mol. The largest absolute Gasteiger partial charge is 0.290 e. The standard InChI is InChI=1S/C9H8N4O/c1-6-3-8(12-13(6)2)9(14)7(4-10)5-11/h3,7H,1-2H3. The smallest absolute Gasteiger partial charge is 0.214 e. The predicted octanol–water partition coefficient (Wildman–Crippen LogP) is 0.575. The van der Waals surface area contributed by atoms with Gasteiger partial charge in [-0.05, 0) is 13.0 Å². The van der Waals surface area contributed by atoms with Gasteiger partial charge in [0.2, 0.25) is 5.78 Å². The first-order valence-electron chi connectivity index (χ1n) is 3.94. The number of nitrogens with zero attached hydrogens (tertiary/aromatic N) is 4. The van der Waals surface area contributed by atoms with E-state index in [0.717, 1.165) is 5.69 Å². The molecule has 1 heterocycles. The summed E-state index contributed by atoms with van der Waals surface area (Å²) in [5, 5.41) is 20.9. The summed E-state index contributed by atoms with van der Waals surface area (Å²) in [4.78, 5) is 11.5. The Labute approximate surface area is 81.2 Å². The summed E-state index contributed by atoms with van der Waals surface area (Å²) in [6, 6.07) is 4.80. The Morgan fingerprint density at radius 1 is 1.57 bits per heavy atom. The van der Waals surface area contributed by atoms with Gasteiger partial charge in [0.05, 0.1) is 12.1 Å². The molecule has 0 radical (unpaired) electrons. The van der Waals surface area contributed by atoms with Gasteiger partial charge < -0.3 is 0 Å². The van der Waals surface area contributed by atoms with Gasteiger partial charge in [-0.1, -0.05) is 0 Å². The fraction of sp³-hybridized carbons (Fsp3) is 0.333. The Bertz CT molecular complexity index is 413. The molecule has 0 unspecified atom stereocenters. The summed E-state index contributed by atoms with van der Waals surface area (Å²) in [7, 11) is 1.69. The third-order valence-electron chi connectivity index (χ3n) is 1.89. The van der Waals surface area contributed by atoms with Crippen molar-refractivity contribution in [1.82, 2.24) is 9.78 Å². The molecule has 0 bridgehead atoms. The molecule has 0 saturated carbocycles. The lowest BCUT2D eigenvalue weighted by Crippen LogP contribution is -2.11. The zero-order chi connectivity index (χ0) is 10.7. The van der Waals surface area contributed by atoms with E-state index in [0.29, 0.717) is 0 Å². The molecule has 0 aromatic carbocycles. The molecule has 0 amide bonds. The van der Waals surface area contributed by atoms with E-state index in [9.17, 15) is 4.79 Å². The van der Waals surface area contributed by atoms with Crippen LogP contribution in [0.4, 0.5) is 0 Å². The maximum absolute atomic E-state index is 11.5. The molecule has 0 saturated heterocycles. The SMILES string of the molecule is Cc1cc(C(=O)C(C#N)C#N)nn1C. The number of carbonyl (C=O) groups is 1. The topological polar surface area (TPSA) is 82.5 Å². The molecule has 1 aromatic rings. The molecular formula is C9H8N4O. The van der Waals surface area contributed by atoms with Crippen molar-refractivity contribution in [3.8, 4) is 12.1 Å². The minimum Gasteiger partial charge on any atom is -0.290 e. The lowest BCUT2D eigenvalue weighted by atomic mass is 10.1. The summed E-state index contributed by atoms with van der Waals surface area (Å²) < 4.78 is 1.53. The fourth-order valence-electron chi connectivity index (χ4n) is 0.975. The average Bonchev–Trinajstić information content (AvgIpc) is 2.49. The first kappa shape index (κ1) is 9.94. The molecule has 0 N–H and O–H groups in total. The molecule has 70 valence electrons. The molecule has 14 heavy (non-hydrogen) atoms. The van der Waals surface area contributed by atoms with Gasteiger partial charge in [0.25, 0.3) is 0 Å². The molecule has 0 aliphatic rings. The zero-order valence-electron chi connectivity index (χ0n) is 7.85. The van der Waals surface area contributed by atoms with Crippen LogP contribution in [0.25, 0.3) is 0 Å². The maximum Gasteiger partial charge on any atom is 0.214 e. The van der Waals surface area contributed by atoms with E-state index in [4.69, 9.17) is 10.5 Å². The molecule has 1 aromatic heterocycles.